The number of hydrogen-bond acceptors (Lipinski definition) is 1. The van der Waals surface area contributed by atoms with Crippen LogP contribution in [0.4, 0.5) is 0 Å². The van der Waals surface area contributed by atoms with Crippen molar-refractivity contribution in [2.24, 2.45) is 0 Å². The second kappa shape index (κ2) is 14.8. The molecule has 0 amide bonds. The molecule has 0 bridgehead atoms. The van der Waals surface area contributed by atoms with Gasteiger partial charge in [-0.05, 0) is 27.6 Å². The Labute approximate surface area is 89.5 Å². The molecule has 0 fully saturated rings. The van der Waals surface area contributed by atoms with Gasteiger partial charge in [-0.15, -0.1) is 11.6 Å². The van der Waals surface area contributed by atoms with E-state index in [2.05, 4.69) is 6.92 Å². The molecule has 1 nitrogen and oxygen atoms in total. The Morgan fingerprint density at radius 3 is 1.62 bits per heavy atom. The molecule has 0 radical (unpaired) electrons. The van der Waals surface area contributed by atoms with E-state index in [0.717, 1.165) is 5.88 Å². The maximum absolute atomic E-state index is 5.51. The summed E-state index contributed by atoms with van der Waals surface area (Å²) in [5, 5.41) is 0. The van der Waals surface area contributed by atoms with Crippen LogP contribution < -0.4 is 0 Å². The zero-order valence-electron chi connectivity index (χ0n) is 9.77. The normalized spacial score (nSPS) is 9.69. The lowest BCUT2D eigenvalue weighted by molar-refractivity contribution is 0.505. The second-order valence-corrected chi connectivity index (χ2v) is 4.18. The van der Waals surface area contributed by atoms with E-state index in [1.54, 1.807) is 0 Å². The summed E-state index contributed by atoms with van der Waals surface area (Å²) in [6, 6.07) is 0. The molecule has 0 rings (SSSR count). The minimum atomic E-state index is 0.839. The highest BCUT2D eigenvalue weighted by atomic mass is 35.5. The summed E-state index contributed by atoms with van der Waals surface area (Å²) in [5.41, 5.74) is 0. The summed E-state index contributed by atoms with van der Waals surface area (Å²) in [5.74, 6) is 0.839. The number of alkyl halides is 1. The maximum Gasteiger partial charge on any atom is 0.0223 e. The van der Waals surface area contributed by atoms with Gasteiger partial charge >= 0.3 is 0 Å². The largest absolute Gasteiger partial charge is 0.312 e. The molecule has 0 aliphatic rings. The molecular formula is C11H26ClN. The number of rotatable bonds is 6. The van der Waals surface area contributed by atoms with Gasteiger partial charge < -0.3 is 4.90 Å². The van der Waals surface area contributed by atoms with E-state index in [1.165, 1.54) is 38.5 Å². The molecule has 0 saturated heterocycles. The van der Waals surface area contributed by atoms with Crippen molar-refractivity contribution in [3.63, 3.8) is 0 Å². The quantitative estimate of drug-likeness (QED) is 0.474. The highest BCUT2D eigenvalue weighted by molar-refractivity contribution is 6.17. The number of unbranched alkanes of at least 4 members (excludes halogenated alkanes) is 5. The highest BCUT2D eigenvalue weighted by Crippen LogP contribution is 2.04. The smallest absolute Gasteiger partial charge is 0.0223 e. The summed E-state index contributed by atoms with van der Waals surface area (Å²) in [7, 11) is 6.00. The van der Waals surface area contributed by atoms with E-state index >= 15 is 0 Å². The Bertz CT molecular complexity index is 65.7. The average Bonchev–Trinajstić information content (AvgIpc) is 2.03. The third kappa shape index (κ3) is 32.9. The Hall–Kier alpha value is 0.250. The monoisotopic (exact) mass is 207 g/mol. The van der Waals surface area contributed by atoms with Crippen LogP contribution in [-0.4, -0.2) is 31.9 Å². The summed E-state index contributed by atoms with van der Waals surface area (Å²) in [6.07, 6.45) is 8.02. The van der Waals surface area contributed by atoms with Crippen molar-refractivity contribution in [3.8, 4) is 0 Å². The molecule has 82 valence electrons. The fraction of sp³-hybridized carbons (Fsp3) is 1.00. The predicted molar refractivity (Wildman–Crippen MR) is 63.7 cm³/mol. The lowest BCUT2D eigenvalue weighted by Gasteiger charge is -1.95. The highest BCUT2D eigenvalue weighted by Gasteiger charge is 1.86. The van der Waals surface area contributed by atoms with Crippen LogP contribution in [0.15, 0.2) is 0 Å². The van der Waals surface area contributed by atoms with Crippen LogP contribution in [0, 0.1) is 0 Å². The van der Waals surface area contributed by atoms with Crippen molar-refractivity contribution in [2.45, 2.75) is 45.4 Å². The lowest BCUT2D eigenvalue weighted by Crippen LogP contribution is -1.99. The summed E-state index contributed by atoms with van der Waals surface area (Å²) >= 11 is 5.51. The molecule has 0 unspecified atom stereocenters. The van der Waals surface area contributed by atoms with E-state index in [0.29, 0.717) is 0 Å². The minimum absolute atomic E-state index is 0.839. The van der Waals surface area contributed by atoms with Crippen molar-refractivity contribution >= 4 is 11.6 Å². The molecule has 0 aliphatic heterocycles. The van der Waals surface area contributed by atoms with Crippen LogP contribution in [0.25, 0.3) is 0 Å². The molecule has 0 aromatic rings. The summed E-state index contributed by atoms with van der Waals surface area (Å²) in [6.45, 7) is 2.24. The van der Waals surface area contributed by atoms with Gasteiger partial charge in [-0.2, -0.15) is 0 Å². The molecule has 0 N–H and O–H groups in total. The molecule has 0 aromatic carbocycles. The molecule has 0 heterocycles. The van der Waals surface area contributed by atoms with Crippen molar-refractivity contribution in [2.75, 3.05) is 27.0 Å². The average molecular weight is 208 g/mol. The molecule has 2 heteroatoms. The van der Waals surface area contributed by atoms with E-state index in [4.69, 9.17) is 11.6 Å². The predicted octanol–water partition coefficient (Wildman–Crippen LogP) is 3.76. The first-order valence-corrected chi connectivity index (χ1v) is 5.85. The van der Waals surface area contributed by atoms with Crippen molar-refractivity contribution in [1.29, 1.82) is 0 Å². The molecule has 0 spiro atoms. The zero-order valence-corrected chi connectivity index (χ0v) is 10.5. The first-order valence-electron chi connectivity index (χ1n) is 5.32. The fourth-order valence-corrected chi connectivity index (χ4v) is 1.06. The van der Waals surface area contributed by atoms with Crippen molar-refractivity contribution in [3.05, 3.63) is 0 Å². The minimum Gasteiger partial charge on any atom is -0.312 e. The van der Waals surface area contributed by atoms with Crippen LogP contribution in [0.3, 0.4) is 0 Å². The van der Waals surface area contributed by atoms with Crippen LogP contribution in [0.2, 0.25) is 0 Å². The van der Waals surface area contributed by atoms with Gasteiger partial charge in [0.2, 0.25) is 0 Å². The number of nitrogens with zero attached hydrogens (tertiary/aromatic N) is 1. The zero-order chi connectivity index (χ0) is 10.5. The van der Waals surface area contributed by atoms with E-state index in [9.17, 15) is 0 Å². The van der Waals surface area contributed by atoms with Gasteiger partial charge in [-0.25, -0.2) is 0 Å². The number of halogens is 1. The molecular weight excluding hydrogens is 182 g/mol. The molecule has 0 aromatic heterocycles. The first-order chi connectivity index (χ1) is 6.15. The van der Waals surface area contributed by atoms with Gasteiger partial charge in [-0.1, -0.05) is 39.0 Å². The van der Waals surface area contributed by atoms with Crippen LogP contribution in [0.5, 0.6) is 0 Å². The molecule has 13 heavy (non-hydrogen) atoms. The molecule has 0 atom stereocenters. The topological polar surface area (TPSA) is 3.24 Å². The van der Waals surface area contributed by atoms with Gasteiger partial charge in [0.05, 0.1) is 0 Å². The number of hydrogen-bond donors (Lipinski definition) is 0. The Morgan fingerprint density at radius 2 is 1.23 bits per heavy atom. The van der Waals surface area contributed by atoms with Gasteiger partial charge in [0, 0.05) is 5.88 Å². The summed E-state index contributed by atoms with van der Waals surface area (Å²) in [4.78, 5) is 2.00. The summed E-state index contributed by atoms with van der Waals surface area (Å²) < 4.78 is 0. The molecule has 0 aliphatic carbocycles. The van der Waals surface area contributed by atoms with Crippen molar-refractivity contribution in [1.82, 2.24) is 4.90 Å². The second-order valence-electron chi connectivity index (χ2n) is 3.80. The van der Waals surface area contributed by atoms with Gasteiger partial charge in [0.25, 0.3) is 0 Å². The van der Waals surface area contributed by atoms with Gasteiger partial charge in [0.15, 0.2) is 0 Å². The van der Waals surface area contributed by atoms with Crippen LogP contribution >= 0.6 is 11.6 Å². The SMILES string of the molecule is CCCCCCCCCl.CN(C)C. The van der Waals surface area contributed by atoms with E-state index < -0.39 is 0 Å². The van der Waals surface area contributed by atoms with E-state index in [1.807, 2.05) is 26.0 Å². The third-order valence-electron chi connectivity index (χ3n) is 1.49. The third-order valence-corrected chi connectivity index (χ3v) is 1.75. The molecule has 0 saturated carbocycles. The Balaban J connectivity index is 0. The van der Waals surface area contributed by atoms with Crippen LogP contribution in [-0.2, 0) is 0 Å². The Morgan fingerprint density at radius 1 is 0.846 bits per heavy atom. The lowest BCUT2D eigenvalue weighted by atomic mass is 10.1. The van der Waals surface area contributed by atoms with E-state index in [-0.39, 0.29) is 0 Å². The first kappa shape index (κ1) is 15.7. The standard InChI is InChI=1S/C8H17Cl.C3H9N/c1-2-3-4-5-6-7-8-9;1-4(2)3/h2-8H2,1H3;1-3H3. The Kier molecular flexibility index (Phi) is 17.8. The fourth-order valence-electron chi connectivity index (χ4n) is 0.875. The van der Waals surface area contributed by atoms with Crippen LogP contribution in [0.1, 0.15) is 45.4 Å². The van der Waals surface area contributed by atoms with Gasteiger partial charge in [-0.3, -0.25) is 0 Å². The van der Waals surface area contributed by atoms with Crippen molar-refractivity contribution < 1.29 is 0 Å². The van der Waals surface area contributed by atoms with Gasteiger partial charge in [0.1, 0.15) is 0 Å². The maximum atomic E-state index is 5.51.